The van der Waals surface area contributed by atoms with Gasteiger partial charge >= 0.3 is 0 Å². The number of fused-ring (bicyclic) bond motifs is 2. The largest absolute Gasteiger partial charge is 0.494 e. The number of benzene rings is 2. The fraction of sp³-hybridized carbons (Fsp3) is 0.172. The van der Waals surface area contributed by atoms with Crippen molar-refractivity contribution >= 4 is 16.5 Å². The molecule has 3 heterocycles. The first-order chi connectivity index (χ1) is 17.6. The van der Waals surface area contributed by atoms with Gasteiger partial charge in [0.15, 0.2) is 5.76 Å². The topological polar surface area (TPSA) is 75.5 Å². The number of nitrogens with zero attached hydrogens (tertiary/aromatic N) is 4. The van der Waals surface area contributed by atoms with Crippen LogP contribution < -0.4 is 10.1 Å². The Morgan fingerprint density at radius 2 is 1.89 bits per heavy atom. The van der Waals surface area contributed by atoms with Gasteiger partial charge in [-0.15, -0.1) is 0 Å². The maximum absolute atomic E-state index is 9.61. The van der Waals surface area contributed by atoms with Gasteiger partial charge < -0.3 is 23.7 Å². The molecule has 7 heteroatoms. The molecular weight excluding hydrogens is 452 g/mol. The summed E-state index contributed by atoms with van der Waals surface area (Å²) in [6, 6.07) is 20.9. The van der Waals surface area contributed by atoms with E-state index in [1.807, 2.05) is 71.3 Å². The zero-order valence-corrected chi connectivity index (χ0v) is 20.2. The molecule has 5 rings (SSSR count). The molecule has 0 amide bonds. The third kappa shape index (κ3) is 5.24. The van der Waals surface area contributed by atoms with Crippen molar-refractivity contribution < 1.29 is 14.4 Å². The van der Waals surface area contributed by atoms with Gasteiger partial charge in [-0.25, -0.2) is 4.98 Å². The van der Waals surface area contributed by atoms with E-state index >= 15 is 0 Å². The van der Waals surface area contributed by atoms with Gasteiger partial charge in [-0.2, -0.15) is 0 Å². The van der Waals surface area contributed by atoms with Gasteiger partial charge in [0.05, 0.1) is 12.9 Å². The summed E-state index contributed by atoms with van der Waals surface area (Å²) in [6.07, 6.45) is 4.61. The van der Waals surface area contributed by atoms with E-state index in [-0.39, 0.29) is 0 Å². The molecule has 0 aliphatic rings. The van der Waals surface area contributed by atoms with Crippen LogP contribution in [-0.4, -0.2) is 46.7 Å². The van der Waals surface area contributed by atoms with Gasteiger partial charge in [0.2, 0.25) is 0 Å². The Kier molecular flexibility index (Phi) is 6.69. The van der Waals surface area contributed by atoms with Crippen LogP contribution in [0.5, 0.6) is 5.75 Å². The van der Waals surface area contributed by atoms with Crippen molar-refractivity contribution in [2.75, 3.05) is 27.2 Å². The lowest BCUT2D eigenvalue weighted by atomic mass is 10.1. The highest BCUT2D eigenvalue weighted by Gasteiger charge is 2.09. The molecule has 5 aromatic rings. The van der Waals surface area contributed by atoms with Crippen LogP contribution in [0.1, 0.15) is 17.5 Å². The smallest absolute Gasteiger partial charge is 0.155 e. The first-order valence-electron chi connectivity index (χ1n) is 11.7. The van der Waals surface area contributed by atoms with Crippen LogP contribution in [-0.2, 0) is 0 Å². The van der Waals surface area contributed by atoms with E-state index in [4.69, 9.17) is 9.15 Å². The Balaban J connectivity index is 1.42. The Morgan fingerprint density at radius 1 is 1.03 bits per heavy atom. The SMILES string of the molecule is CN(C)CCCOc1cccc(C#Cc2ccc3c(=NO)cc(-c4cc5cccn5cn4)oc3c2)c1. The molecule has 1 N–H and O–H groups in total. The third-order valence-electron chi connectivity index (χ3n) is 5.73. The van der Waals surface area contributed by atoms with E-state index in [0.29, 0.717) is 34.4 Å². The molecule has 0 aliphatic heterocycles. The molecule has 0 atom stereocenters. The summed E-state index contributed by atoms with van der Waals surface area (Å²) < 4.78 is 13.9. The molecule has 7 nitrogen and oxygen atoms in total. The monoisotopic (exact) mass is 478 g/mol. The number of rotatable bonds is 6. The Labute approximate surface area is 208 Å². The van der Waals surface area contributed by atoms with E-state index in [1.54, 1.807) is 12.4 Å². The number of hydrogen-bond donors (Lipinski definition) is 1. The summed E-state index contributed by atoms with van der Waals surface area (Å²) in [5.41, 5.74) is 3.83. The summed E-state index contributed by atoms with van der Waals surface area (Å²) >= 11 is 0. The average Bonchev–Trinajstić information content (AvgIpc) is 3.37. The molecule has 0 aliphatic carbocycles. The van der Waals surface area contributed by atoms with Crippen LogP contribution in [0, 0.1) is 11.8 Å². The summed E-state index contributed by atoms with van der Waals surface area (Å²) in [4.78, 5) is 6.62. The molecule has 3 aromatic heterocycles. The van der Waals surface area contributed by atoms with E-state index in [2.05, 4.69) is 41.0 Å². The van der Waals surface area contributed by atoms with Gasteiger partial charge in [-0.1, -0.05) is 23.1 Å². The minimum Gasteiger partial charge on any atom is -0.494 e. The minimum atomic E-state index is 0.405. The first-order valence-corrected chi connectivity index (χ1v) is 11.7. The Hall–Kier alpha value is -4.54. The number of aromatic nitrogens is 2. The highest BCUT2D eigenvalue weighted by molar-refractivity contribution is 5.80. The third-order valence-corrected chi connectivity index (χ3v) is 5.73. The van der Waals surface area contributed by atoms with E-state index < -0.39 is 0 Å². The van der Waals surface area contributed by atoms with Crippen molar-refractivity contribution in [3.8, 4) is 29.0 Å². The molecule has 0 saturated carbocycles. The summed E-state index contributed by atoms with van der Waals surface area (Å²) in [6.45, 7) is 1.64. The van der Waals surface area contributed by atoms with Crippen LogP contribution in [0.15, 0.2) is 88.8 Å². The molecule has 36 heavy (non-hydrogen) atoms. The highest BCUT2D eigenvalue weighted by atomic mass is 16.5. The molecule has 0 fully saturated rings. The lowest BCUT2D eigenvalue weighted by Crippen LogP contribution is -2.15. The van der Waals surface area contributed by atoms with Gasteiger partial charge in [0.25, 0.3) is 0 Å². The fourth-order valence-corrected chi connectivity index (χ4v) is 3.90. The number of ether oxygens (including phenoxy) is 1. The summed E-state index contributed by atoms with van der Waals surface area (Å²) in [5.74, 6) is 7.70. The quantitative estimate of drug-likeness (QED) is 0.165. The first kappa shape index (κ1) is 23.2. The lowest BCUT2D eigenvalue weighted by Gasteiger charge is -2.10. The maximum atomic E-state index is 9.61. The Morgan fingerprint density at radius 3 is 2.72 bits per heavy atom. The maximum Gasteiger partial charge on any atom is 0.155 e. The standard InChI is InChI=1S/C29H26N4O3/c1-32(2)13-5-15-35-24-8-3-6-21(16-24)9-10-22-11-12-25-26(31-34)19-29(36-28(25)17-22)27-18-23-7-4-14-33(23)20-30-27/h3-4,6-8,11-12,14,16-20,34H,5,13,15H2,1-2H3. The van der Waals surface area contributed by atoms with Gasteiger partial charge in [0.1, 0.15) is 22.4 Å². The van der Waals surface area contributed by atoms with E-state index in [9.17, 15) is 5.21 Å². The second kappa shape index (κ2) is 10.4. The molecule has 0 bridgehead atoms. The van der Waals surface area contributed by atoms with E-state index in [1.165, 1.54) is 0 Å². The average molecular weight is 479 g/mol. The molecule has 180 valence electrons. The molecule has 0 saturated heterocycles. The van der Waals surface area contributed by atoms with Crippen molar-refractivity contribution in [1.82, 2.24) is 14.3 Å². The highest BCUT2D eigenvalue weighted by Crippen LogP contribution is 2.23. The second-order valence-electron chi connectivity index (χ2n) is 8.70. The predicted molar refractivity (Wildman–Crippen MR) is 139 cm³/mol. The fourth-order valence-electron chi connectivity index (χ4n) is 3.90. The van der Waals surface area contributed by atoms with Crippen molar-refractivity contribution in [2.45, 2.75) is 6.42 Å². The summed E-state index contributed by atoms with van der Waals surface area (Å²) in [5, 5.41) is 14.2. The van der Waals surface area contributed by atoms with Gasteiger partial charge in [-0.05, 0) is 75.1 Å². The molecular formula is C29H26N4O3. The van der Waals surface area contributed by atoms with E-state index in [0.717, 1.165) is 35.4 Å². The normalized spacial score (nSPS) is 11.7. The molecule has 0 spiro atoms. The van der Waals surface area contributed by atoms with Crippen LogP contribution >= 0.6 is 0 Å². The predicted octanol–water partition coefficient (Wildman–Crippen LogP) is 4.77. The molecule has 0 unspecified atom stereocenters. The van der Waals surface area contributed by atoms with Crippen molar-refractivity contribution in [2.24, 2.45) is 5.16 Å². The minimum absolute atomic E-state index is 0.405. The van der Waals surface area contributed by atoms with Gasteiger partial charge in [0, 0.05) is 40.8 Å². The van der Waals surface area contributed by atoms with Crippen LogP contribution in [0.2, 0.25) is 0 Å². The number of hydrogen-bond acceptors (Lipinski definition) is 6. The zero-order chi connectivity index (χ0) is 24.9. The molecule has 2 aromatic carbocycles. The van der Waals surface area contributed by atoms with Gasteiger partial charge in [-0.3, -0.25) is 0 Å². The Bertz CT molecular complexity index is 1650. The lowest BCUT2D eigenvalue weighted by molar-refractivity contribution is 0.281. The van der Waals surface area contributed by atoms with Crippen LogP contribution in [0.4, 0.5) is 0 Å². The zero-order valence-electron chi connectivity index (χ0n) is 20.2. The van der Waals surface area contributed by atoms with Crippen LogP contribution in [0.3, 0.4) is 0 Å². The molecule has 0 radical (unpaired) electrons. The summed E-state index contributed by atoms with van der Waals surface area (Å²) in [7, 11) is 4.10. The van der Waals surface area contributed by atoms with Crippen molar-refractivity contribution in [1.29, 1.82) is 0 Å². The second-order valence-corrected chi connectivity index (χ2v) is 8.70. The van der Waals surface area contributed by atoms with Crippen molar-refractivity contribution in [3.63, 3.8) is 0 Å². The van der Waals surface area contributed by atoms with Crippen LogP contribution in [0.25, 0.3) is 27.9 Å². The van der Waals surface area contributed by atoms with Crippen molar-refractivity contribution in [3.05, 3.63) is 95.7 Å².